The molecule has 0 radical (unpaired) electrons. The van der Waals surface area contributed by atoms with E-state index in [-0.39, 0.29) is 5.82 Å². The first kappa shape index (κ1) is 18.2. The van der Waals surface area contributed by atoms with Gasteiger partial charge in [0.2, 0.25) is 0 Å². The fraction of sp³-hybridized carbons (Fsp3) is 0.389. The zero-order chi connectivity index (χ0) is 19.0. The van der Waals surface area contributed by atoms with E-state index in [1.54, 1.807) is 16.3 Å². The van der Waals surface area contributed by atoms with E-state index >= 15 is 0 Å². The molecule has 4 atom stereocenters. The Kier molecular flexibility index (Phi) is 5.00. The number of anilines is 1. The Morgan fingerprint density at radius 1 is 1.22 bits per heavy atom. The van der Waals surface area contributed by atoms with Crippen LogP contribution in [0.2, 0.25) is 0 Å². The molecule has 1 aliphatic rings. The molecule has 27 heavy (non-hydrogen) atoms. The van der Waals surface area contributed by atoms with Crippen LogP contribution in [0, 0.1) is 6.92 Å². The van der Waals surface area contributed by atoms with E-state index in [4.69, 9.17) is 10.5 Å². The fourth-order valence-corrected chi connectivity index (χ4v) is 4.29. The smallest absolute Gasteiger partial charge is 0.167 e. The second-order valence-electron chi connectivity index (χ2n) is 6.63. The maximum Gasteiger partial charge on any atom is 0.167 e. The van der Waals surface area contributed by atoms with Gasteiger partial charge in [0.25, 0.3) is 0 Å². The van der Waals surface area contributed by atoms with Crippen LogP contribution >= 0.6 is 11.8 Å². The fourth-order valence-electron chi connectivity index (χ4n) is 3.25. The third kappa shape index (κ3) is 3.51. The monoisotopic (exact) mass is 387 g/mol. The van der Waals surface area contributed by atoms with Crippen molar-refractivity contribution in [2.75, 3.05) is 11.5 Å². The van der Waals surface area contributed by atoms with E-state index in [0.29, 0.717) is 16.9 Å². The average molecular weight is 387 g/mol. The third-order valence-electron chi connectivity index (χ3n) is 4.63. The van der Waals surface area contributed by atoms with Gasteiger partial charge in [0, 0.05) is 11.5 Å². The van der Waals surface area contributed by atoms with Gasteiger partial charge in [-0.3, -0.25) is 4.57 Å². The minimum atomic E-state index is -1.08. The Morgan fingerprint density at radius 2 is 2.07 bits per heavy atom. The Bertz CT molecular complexity index is 950. The minimum absolute atomic E-state index is 0.261. The molecule has 1 fully saturated rings. The van der Waals surface area contributed by atoms with Crippen LogP contribution in [0.25, 0.3) is 11.2 Å². The van der Waals surface area contributed by atoms with E-state index in [9.17, 15) is 10.2 Å². The van der Waals surface area contributed by atoms with Crippen molar-refractivity contribution in [2.24, 2.45) is 0 Å². The van der Waals surface area contributed by atoms with Gasteiger partial charge < -0.3 is 20.7 Å². The standard InChI is InChI=1S/C18H21N5O3S/c1-10-3-2-4-11(5-10)6-27-7-12-14(24)15(25)18(26-12)23-9-22-13-16(19)20-8-21-17(13)23/h2-5,8-9,12,14-15,18,24-25H,6-7H2,1H3,(H2,19,20,21)/t12?,14?,15-,18-/m1/s1. The maximum absolute atomic E-state index is 10.5. The van der Waals surface area contributed by atoms with E-state index in [1.165, 1.54) is 23.8 Å². The molecule has 0 spiro atoms. The molecule has 2 aromatic heterocycles. The van der Waals surface area contributed by atoms with Crippen molar-refractivity contribution < 1.29 is 14.9 Å². The van der Waals surface area contributed by atoms with Crippen LogP contribution in [0.5, 0.6) is 0 Å². The Hall–Kier alpha value is -2.20. The number of benzene rings is 1. The largest absolute Gasteiger partial charge is 0.387 e. The van der Waals surface area contributed by atoms with Crippen LogP contribution in [0.15, 0.2) is 36.9 Å². The van der Waals surface area contributed by atoms with Crippen molar-refractivity contribution in [3.05, 3.63) is 48.0 Å². The highest BCUT2D eigenvalue weighted by atomic mass is 32.2. The van der Waals surface area contributed by atoms with Crippen LogP contribution in [-0.4, -0.2) is 53.8 Å². The van der Waals surface area contributed by atoms with Crippen molar-refractivity contribution >= 4 is 28.7 Å². The number of nitrogens with two attached hydrogens (primary N) is 1. The number of aromatic nitrogens is 4. The molecule has 142 valence electrons. The van der Waals surface area contributed by atoms with Crippen molar-refractivity contribution in [2.45, 2.75) is 37.2 Å². The lowest BCUT2D eigenvalue weighted by Gasteiger charge is -2.16. The van der Waals surface area contributed by atoms with E-state index in [1.807, 2.05) is 6.07 Å². The summed E-state index contributed by atoms with van der Waals surface area (Å²) in [5.74, 6) is 1.64. The Balaban J connectivity index is 1.45. The first-order valence-corrected chi connectivity index (χ1v) is 9.78. The lowest BCUT2D eigenvalue weighted by atomic mass is 10.1. The first-order chi connectivity index (χ1) is 13.0. The Labute approximate surface area is 160 Å². The molecule has 0 amide bonds. The Morgan fingerprint density at radius 3 is 2.89 bits per heavy atom. The molecule has 1 saturated heterocycles. The average Bonchev–Trinajstić information content (AvgIpc) is 3.19. The summed E-state index contributed by atoms with van der Waals surface area (Å²) in [5.41, 5.74) is 9.15. The number of ether oxygens (including phenoxy) is 1. The zero-order valence-corrected chi connectivity index (χ0v) is 15.6. The molecule has 0 aliphatic carbocycles. The van der Waals surface area contributed by atoms with E-state index in [2.05, 4.69) is 40.1 Å². The van der Waals surface area contributed by atoms with Gasteiger partial charge in [-0.2, -0.15) is 11.8 Å². The third-order valence-corrected chi connectivity index (χ3v) is 5.73. The number of aliphatic hydroxyl groups is 2. The molecule has 3 heterocycles. The van der Waals surface area contributed by atoms with Crippen LogP contribution < -0.4 is 5.73 Å². The summed E-state index contributed by atoms with van der Waals surface area (Å²) in [6.45, 7) is 2.06. The summed E-state index contributed by atoms with van der Waals surface area (Å²) in [4.78, 5) is 12.3. The molecule has 1 aromatic carbocycles. The van der Waals surface area contributed by atoms with Crippen LogP contribution in [-0.2, 0) is 10.5 Å². The summed E-state index contributed by atoms with van der Waals surface area (Å²) in [5, 5.41) is 20.9. The van der Waals surface area contributed by atoms with Gasteiger partial charge in [0.05, 0.1) is 12.4 Å². The summed E-state index contributed by atoms with van der Waals surface area (Å²) >= 11 is 1.66. The number of imidazole rings is 1. The van der Waals surface area contributed by atoms with Crippen molar-refractivity contribution in [1.82, 2.24) is 19.5 Å². The van der Waals surface area contributed by atoms with Gasteiger partial charge in [-0.05, 0) is 12.5 Å². The number of hydrogen-bond acceptors (Lipinski definition) is 8. The van der Waals surface area contributed by atoms with Crippen molar-refractivity contribution in [3.8, 4) is 0 Å². The van der Waals surface area contributed by atoms with Crippen LogP contribution in [0.4, 0.5) is 5.82 Å². The molecule has 4 N–H and O–H groups in total. The molecule has 8 nitrogen and oxygen atoms in total. The normalized spacial score (nSPS) is 25.3. The summed E-state index contributed by atoms with van der Waals surface area (Å²) in [6, 6.07) is 8.30. The molecule has 2 unspecified atom stereocenters. The quantitative estimate of drug-likeness (QED) is 0.599. The minimum Gasteiger partial charge on any atom is -0.387 e. The van der Waals surface area contributed by atoms with E-state index in [0.717, 1.165) is 5.75 Å². The van der Waals surface area contributed by atoms with Gasteiger partial charge in [-0.1, -0.05) is 29.8 Å². The second-order valence-corrected chi connectivity index (χ2v) is 7.66. The predicted octanol–water partition coefficient (Wildman–Crippen LogP) is 1.27. The maximum atomic E-state index is 10.5. The summed E-state index contributed by atoms with van der Waals surface area (Å²) in [6.07, 6.45) is -0.499. The van der Waals surface area contributed by atoms with Gasteiger partial charge in [-0.25, -0.2) is 15.0 Å². The van der Waals surface area contributed by atoms with Crippen molar-refractivity contribution in [1.29, 1.82) is 0 Å². The number of nitrogens with zero attached hydrogens (tertiary/aromatic N) is 4. The highest BCUT2D eigenvalue weighted by molar-refractivity contribution is 7.98. The van der Waals surface area contributed by atoms with Crippen LogP contribution in [0.1, 0.15) is 17.4 Å². The van der Waals surface area contributed by atoms with Crippen molar-refractivity contribution in [3.63, 3.8) is 0 Å². The number of hydrogen-bond donors (Lipinski definition) is 3. The van der Waals surface area contributed by atoms with Crippen LogP contribution in [0.3, 0.4) is 0 Å². The lowest BCUT2D eigenvalue weighted by molar-refractivity contribution is -0.0289. The highest BCUT2D eigenvalue weighted by Crippen LogP contribution is 2.33. The molecule has 3 aromatic rings. The predicted molar refractivity (Wildman–Crippen MR) is 103 cm³/mol. The molecular formula is C18H21N5O3S. The van der Waals surface area contributed by atoms with Gasteiger partial charge in [0.1, 0.15) is 24.1 Å². The number of nitrogen functional groups attached to an aromatic ring is 1. The second kappa shape index (κ2) is 7.43. The summed E-state index contributed by atoms with van der Waals surface area (Å²) in [7, 11) is 0. The van der Waals surface area contributed by atoms with Gasteiger partial charge in [0.15, 0.2) is 17.7 Å². The highest BCUT2D eigenvalue weighted by Gasteiger charge is 2.44. The number of thioether (sulfide) groups is 1. The molecule has 4 rings (SSSR count). The van der Waals surface area contributed by atoms with Gasteiger partial charge in [-0.15, -0.1) is 0 Å². The SMILES string of the molecule is Cc1cccc(CSCC2O[C@@H](n3cnc4c(N)ncnc43)[C@H](O)C2O)c1. The topological polar surface area (TPSA) is 119 Å². The molecule has 1 aliphatic heterocycles. The molecule has 0 saturated carbocycles. The number of aliphatic hydroxyl groups excluding tert-OH is 2. The molecule has 9 heteroatoms. The van der Waals surface area contributed by atoms with E-state index < -0.39 is 24.5 Å². The first-order valence-electron chi connectivity index (χ1n) is 8.62. The molecule has 0 bridgehead atoms. The summed E-state index contributed by atoms with van der Waals surface area (Å²) < 4.78 is 7.53. The lowest BCUT2D eigenvalue weighted by Crippen LogP contribution is -2.32. The number of fused-ring (bicyclic) bond motifs is 1. The number of aryl methyl sites for hydroxylation is 1. The zero-order valence-electron chi connectivity index (χ0n) is 14.8. The number of rotatable bonds is 5. The van der Waals surface area contributed by atoms with Gasteiger partial charge >= 0.3 is 0 Å². The molecular weight excluding hydrogens is 366 g/mol.